The van der Waals surface area contributed by atoms with Crippen LogP contribution in [0.15, 0.2) is 42.7 Å². The van der Waals surface area contributed by atoms with Gasteiger partial charge < -0.3 is 10.1 Å². The molecule has 12 heteroatoms. The normalized spacial score (nSPS) is 16.3. The number of rotatable bonds is 3. The van der Waals surface area contributed by atoms with Gasteiger partial charge in [0.2, 0.25) is 5.91 Å². The number of hydrogen-bond donors (Lipinski definition) is 1. The lowest BCUT2D eigenvalue weighted by Crippen LogP contribution is -2.26. The van der Waals surface area contributed by atoms with Crippen molar-refractivity contribution in [1.29, 1.82) is 0 Å². The Bertz CT molecular complexity index is 1310. The molecule has 4 heterocycles. The first-order chi connectivity index (χ1) is 14.8. The van der Waals surface area contributed by atoms with Crippen LogP contribution in [0.5, 0.6) is 5.75 Å². The van der Waals surface area contributed by atoms with E-state index in [2.05, 4.69) is 30.4 Å². The van der Waals surface area contributed by atoms with Crippen LogP contribution in [0.1, 0.15) is 29.2 Å². The van der Waals surface area contributed by atoms with Crippen LogP contribution in [-0.4, -0.2) is 41.9 Å². The van der Waals surface area contributed by atoms with E-state index in [1.165, 1.54) is 33.7 Å². The molecule has 5 rings (SSSR count). The van der Waals surface area contributed by atoms with E-state index in [4.69, 9.17) is 0 Å². The first-order valence-electron chi connectivity index (χ1n) is 9.21. The fourth-order valence-electron chi connectivity index (χ4n) is 3.80. The summed E-state index contributed by atoms with van der Waals surface area (Å²) in [7, 11) is 0. The van der Waals surface area contributed by atoms with Crippen molar-refractivity contribution in [2.75, 3.05) is 5.32 Å². The predicted molar refractivity (Wildman–Crippen MR) is 101 cm³/mol. The topological polar surface area (TPSA) is 99.2 Å². The average Bonchev–Trinajstić information content (AvgIpc) is 3.30. The van der Waals surface area contributed by atoms with Crippen molar-refractivity contribution in [3.8, 4) is 11.6 Å². The summed E-state index contributed by atoms with van der Waals surface area (Å²) in [4.78, 5) is 12.5. The van der Waals surface area contributed by atoms with Gasteiger partial charge in [0, 0.05) is 23.5 Å². The number of nitrogens with zero attached hydrogens (tertiary/aromatic N) is 6. The molecule has 1 amide bonds. The number of para-hydroxylation sites is 1. The van der Waals surface area contributed by atoms with Crippen LogP contribution < -0.4 is 10.1 Å². The maximum Gasteiger partial charge on any atom is 0.573 e. The van der Waals surface area contributed by atoms with Crippen molar-refractivity contribution in [3.63, 3.8) is 0 Å². The number of halogens is 3. The zero-order chi connectivity index (χ0) is 21.8. The summed E-state index contributed by atoms with van der Waals surface area (Å²) in [6.07, 6.45) is -3.48. The molecular formula is C19H14F3N7O2. The van der Waals surface area contributed by atoms with Crippen LogP contribution in [0.25, 0.3) is 11.5 Å². The highest BCUT2D eigenvalue weighted by Gasteiger charge is 2.37. The molecule has 0 bridgehead atoms. The molecule has 0 saturated carbocycles. The number of nitrogens with one attached hydrogen (secondary N) is 1. The van der Waals surface area contributed by atoms with E-state index >= 15 is 0 Å². The third kappa shape index (κ3) is 3.35. The largest absolute Gasteiger partial charge is 0.573 e. The monoisotopic (exact) mass is 429 g/mol. The molecule has 1 aliphatic rings. The van der Waals surface area contributed by atoms with Crippen molar-refractivity contribution >= 4 is 17.4 Å². The Kier molecular flexibility index (Phi) is 4.17. The second-order valence-corrected chi connectivity index (χ2v) is 6.98. The third-order valence-corrected chi connectivity index (χ3v) is 4.99. The summed E-state index contributed by atoms with van der Waals surface area (Å²) in [5.74, 6) is -0.643. The lowest BCUT2D eigenvalue weighted by molar-refractivity contribution is -0.274. The van der Waals surface area contributed by atoms with Crippen LogP contribution in [-0.2, 0) is 4.79 Å². The third-order valence-electron chi connectivity index (χ3n) is 4.99. The Morgan fingerprint density at radius 2 is 1.97 bits per heavy atom. The Morgan fingerprint density at radius 1 is 1.16 bits per heavy atom. The maximum atomic E-state index is 12.9. The molecule has 0 radical (unpaired) electrons. The van der Waals surface area contributed by atoms with Crippen LogP contribution >= 0.6 is 0 Å². The van der Waals surface area contributed by atoms with Gasteiger partial charge in [0.25, 0.3) is 0 Å². The summed E-state index contributed by atoms with van der Waals surface area (Å²) in [5.41, 5.74) is 1.93. The standard InChI is InChI=1S/C19H14F3N7O2/c1-10-17-12(11-4-2-3-5-13(11)31-19(20,21)22)8-16(30)24-18(17)29(26-10)15-7-6-14-25-23-9-28(14)27-15/h2-7,9,12H,8H2,1H3,(H,24,30). The zero-order valence-electron chi connectivity index (χ0n) is 16.0. The van der Waals surface area contributed by atoms with Crippen molar-refractivity contribution in [2.45, 2.75) is 25.6 Å². The SMILES string of the molecule is Cc1nn(-c2ccc3nncn3n2)c2c1C(c1ccccc1OC(F)(F)F)CC(=O)N2. The molecule has 1 aliphatic heterocycles. The number of carbonyl (C=O) groups excluding carboxylic acids is 1. The number of benzene rings is 1. The Balaban J connectivity index is 1.65. The molecule has 1 atom stereocenters. The lowest BCUT2D eigenvalue weighted by Gasteiger charge is -2.26. The van der Waals surface area contributed by atoms with Crippen LogP contribution in [0.4, 0.5) is 19.0 Å². The minimum absolute atomic E-state index is 0.0460. The Morgan fingerprint density at radius 3 is 2.77 bits per heavy atom. The second kappa shape index (κ2) is 6.79. The predicted octanol–water partition coefficient (Wildman–Crippen LogP) is 2.99. The van der Waals surface area contributed by atoms with E-state index in [1.807, 2.05) is 0 Å². The number of aryl methyl sites for hydroxylation is 1. The van der Waals surface area contributed by atoms with Crippen molar-refractivity contribution in [1.82, 2.24) is 29.6 Å². The minimum Gasteiger partial charge on any atom is -0.405 e. The molecule has 0 fully saturated rings. The smallest absolute Gasteiger partial charge is 0.405 e. The highest BCUT2D eigenvalue weighted by Crippen LogP contribution is 2.43. The highest BCUT2D eigenvalue weighted by atomic mass is 19.4. The summed E-state index contributed by atoms with van der Waals surface area (Å²) in [6, 6.07) is 9.15. The first-order valence-corrected chi connectivity index (χ1v) is 9.21. The van der Waals surface area contributed by atoms with Crippen LogP contribution in [0.2, 0.25) is 0 Å². The molecule has 0 saturated heterocycles. The van der Waals surface area contributed by atoms with Gasteiger partial charge in [-0.15, -0.1) is 28.5 Å². The summed E-state index contributed by atoms with van der Waals surface area (Å²) in [5, 5.41) is 19.3. The zero-order valence-corrected chi connectivity index (χ0v) is 16.0. The van der Waals surface area contributed by atoms with Gasteiger partial charge in [-0.1, -0.05) is 18.2 Å². The molecule has 0 aliphatic carbocycles. The molecule has 158 valence electrons. The van der Waals surface area contributed by atoms with E-state index in [1.54, 1.807) is 25.1 Å². The number of ether oxygens (including phenoxy) is 1. The van der Waals surface area contributed by atoms with Gasteiger partial charge >= 0.3 is 6.36 Å². The molecular weight excluding hydrogens is 415 g/mol. The van der Waals surface area contributed by atoms with Gasteiger partial charge in [-0.05, 0) is 25.1 Å². The summed E-state index contributed by atoms with van der Waals surface area (Å²) < 4.78 is 45.9. The van der Waals surface area contributed by atoms with Crippen molar-refractivity contribution in [3.05, 3.63) is 59.5 Å². The molecule has 0 spiro atoms. The van der Waals surface area contributed by atoms with E-state index in [-0.39, 0.29) is 23.6 Å². The number of anilines is 1. The van der Waals surface area contributed by atoms with E-state index < -0.39 is 12.3 Å². The fraction of sp³-hybridized carbons (Fsp3) is 0.211. The highest BCUT2D eigenvalue weighted by molar-refractivity contribution is 5.95. The van der Waals surface area contributed by atoms with Crippen molar-refractivity contribution in [2.24, 2.45) is 0 Å². The number of aromatic nitrogens is 6. The number of hydrogen-bond acceptors (Lipinski definition) is 6. The van der Waals surface area contributed by atoms with Crippen LogP contribution in [0, 0.1) is 6.92 Å². The van der Waals surface area contributed by atoms with E-state index in [0.717, 1.165) is 0 Å². The number of fused-ring (bicyclic) bond motifs is 2. The molecule has 1 aromatic carbocycles. The van der Waals surface area contributed by atoms with Gasteiger partial charge in [-0.3, -0.25) is 4.79 Å². The quantitative estimate of drug-likeness (QED) is 0.538. The Labute approximate surface area is 172 Å². The van der Waals surface area contributed by atoms with Crippen molar-refractivity contribution < 1.29 is 22.7 Å². The fourth-order valence-corrected chi connectivity index (χ4v) is 3.80. The van der Waals surface area contributed by atoms with E-state index in [9.17, 15) is 18.0 Å². The molecule has 1 N–H and O–H groups in total. The Hall–Kier alpha value is -3.96. The average molecular weight is 429 g/mol. The molecule has 1 unspecified atom stereocenters. The van der Waals surface area contributed by atoms with Gasteiger partial charge in [0.15, 0.2) is 11.5 Å². The number of amides is 1. The van der Waals surface area contributed by atoms with Gasteiger partial charge in [-0.2, -0.15) is 14.3 Å². The van der Waals surface area contributed by atoms with Gasteiger partial charge in [-0.25, -0.2) is 0 Å². The molecule has 31 heavy (non-hydrogen) atoms. The second-order valence-electron chi connectivity index (χ2n) is 6.98. The number of carbonyl (C=O) groups is 1. The first kappa shape index (κ1) is 19.0. The summed E-state index contributed by atoms with van der Waals surface area (Å²) >= 11 is 0. The minimum atomic E-state index is -4.85. The molecule has 4 aromatic rings. The lowest BCUT2D eigenvalue weighted by atomic mass is 9.85. The number of alkyl halides is 3. The molecule has 3 aromatic heterocycles. The molecule has 9 nitrogen and oxygen atoms in total. The van der Waals surface area contributed by atoms with Crippen LogP contribution in [0.3, 0.4) is 0 Å². The maximum absolute atomic E-state index is 12.9. The van der Waals surface area contributed by atoms with E-state index in [0.29, 0.717) is 28.5 Å². The summed E-state index contributed by atoms with van der Waals surface area (Å²) in [6.45, 7) is 1.73. The van der Waals surface area contributed by atoms with Gasteiger partial charge in [0.1, 0.15) is 17.9 Å². The van der Waals surface area contributed by atoms with Gasteiger partial charge in [0.05, 0.1) is 5.69 Å².